The van der Waals surface area contributed by atoms with Gasteiger partial charge in [-0.05, 0) is 4.92 Å². The fourth-order valence-corrected chi connectivity index (χ4v) is 2.42. The SMILES string of the molecule is O=[N+]([O-])c1c(N(CCO)CC(F)F)nc2sccn12. The first kappa shape index (κ1) is 13.6. The van der Waals surface area contributed by atoms with Crippen molar-refractivity contribution in [2.75, 3.05) is 24.6 Å². The van der Waals surface area contributed by atoms with Crippen LogP contribution in [0.3, 0.4) is 0 Å². The van der Waals surface area contributed by atoms with Crippen molar-refractivity contribution < 1.29 is 18.8 Å². The molecule has 0 aliphatic rings. The molecule has 0 fully saturated rings. The third kappa shape index (κ3) is 2.63. The molecule has 0 atom stereocenters. The van der Waals surface area contributed by atoms with E-state index in [-0.39, 0.29) is 18.2 Å². The molecule has 2 heterocycles. The van der Waals surface area contributed by atoms with Crippen LogP contribution in [0.25, 0.3) is 4.96 Å². The van der Waals surface area contributed by atoms with Gasteiger partial charge < -0.3 is 20.1 Å². The van der Waals surface area contributed by atoms with Gasteiger partial charge in [0.25, 0.3) is 11.4 Å². The van der Waals surface area contributed by atoms with E-state index >= 15 is 0 Å². The van der Waals surface area contributed by atoms with Gasteiger partial charge in [0, 0.05) is 11.9 Å². The lowest BCUT2D eigenvalue weighted by atomic mass is 10.4. The van der Waals surface area contributed by atoms with E-state index in [0.717, 1.165) is 16.2 Å². The summed E-state index contributed by atoms with van der Waals surface area (Å²) in [6.07, 6.45) is -1.22. The lowest BCUT2D eigenvalue weighted by Crippen LogP contribution is -2.32. The lowest BCUT2D eigenvalue weighted by Gasteiger charge is -2.19. The second-order valence-corrected chi connectivity index (χ2v) is 4.51. The standard InChI is InChI=1S/C9H10F2N4O3S/c10-6(11)5-13(1-3-16)7-8(15(17)18)14-2-4-19-9(14)12-7/h2,4,6,16H,1,3,5H2. The van der Waals surface area contributed by atoms with E-state index in [1.54, 1.807) is 5.38 Å². The summed E-state index contributed by atoms with van der Waals surface area (Å²) in [7, 11) is 0. The largest absolute Gasteiger partial charge is 0.395 e. The number of aliphatic hydroxyl groups is 1. The van der Waals surface area contributed by atoms with E-state index in [4.69, 9.17) is 5.11 Å². The first-order valence-electron chi connectivity index (χ1n) is 5.28. The average molecular weight is 292 g/mol. The summed E-state index contributed by atoms with van der Waals surface area (Å²) in [6.45, 7) is -1.25. The molecule has 2 aromatic rings. The Kier molecular flexibility index (Phi) is 3.90. The van der Waals surface area contributed by atoms with Crippen LogP contribution in [0.4, 0.5) is 20.4 Å². The lowest BCUT2D eigenvalue weighted by molar-refractivity contribution is -0.389. The number of rotatable bonds is 6. The molecule has 0 saturated carbocycles. The first-order chi connectivity index (χ1) is 9.04. The molecule has 104 valence electrons. The number of aliphatic hydroxyl groups excluding tert-OH is 1. The molecule has 0 bridgehead atoms. The van der Waals surface area contributed by atoms with Gasteiger partial charge in [-0.3, -0.25) is 0 Å². The summed E-state index contributed by atoms with van der Waals surface area (Å²) >= 11 is 1.16. The number of hydrogen-bond donors (Lipinski definition) is 1. The van der Waals surface area contributed by atoms with Crippen LogP contribution in [0, 0.1) is 10.1 Å². The first-order valence-corrected chi connectivity index (χ1v) is 6.16. The van der Waals surface area contributed by atoms with Gasteiger partial charge in [0.2, 0.25) is 5.82 Å². The predicted molar refractivity (Wildman–Crippen MR) is 65.0 cm³/mol. The number of aromatic nitrogens is 2. The van der Waals surface area contributed by atoms with E-state index in [1.807, 2.05) is 0 Å². The second kappa shape index (κ2) is 5.45. The number of anilines is 1. The number of nitrogens with zero attached hydrogens (tertiary/aromatic N) is 4. The Balaban J connectivity index is 2.48. The summed E-state index contributed by atoms with van der Waals surface area (Å²) in [5.74, 6) is -0.517. The minimum atomic E-state index is -2.68. The van der Waals surface area contributed by atoms with E-state index < -0.39 is 24.5 Å². The highest BCUT2D eigenvalue weighted by atomic mass is 32.1. The Morgan fingerprint density at radius 1 is 1.63 bits per heavy atom. The Morgan fingerprint density at radius 2 is 2.37 bits per heavy atom. The summed E-state index contributed by atoms with van der Waals surface area (Å²) in [5.41, 5.74) is 0. The molecule has 19 heavy (non-hydrogen) atoms. The third-order valence-electron chi connectivity index (χ3n) is 2.42. The predicted octanol–water partition coefficient (Wildman–Crippen LogP) is 1.37. The van der Waals surface area contributed by atoms with Gasteiger partial charge in [0.1, 0.15) is 6.20 Å². The highest BCUT2D eigenvalue weighted by Gasteiger charge is 2.29. The Labute approximate surface area is 109 Å². The number of halogens is 2. The molecule has 0 aromatic carbocycles. The minimum Gasteiger partial charge on any atom is -0.395 e. The minimum absolute atomic E-state index is 0.143. The fraction of sp³-hybridized carbons (Fsp3) is 0.444. The zero-order valence-corrected chi connectivity index (χ0v) is 10.4. The fourth-order valence-electron chi connectivity index (χ4n) is 1.72. The van der Waals surface area contributed by atoms with Crippen LogP contribution in [-0.4, -0.2) is 45.5 Å². The number of fused-ring (bicyclic) bond motifs is 1. The molecule has 7 nitrogen and oxygen atoms in total. The van der Waals surface area contributed by atoms with Crippen LogP contribution < -0.4 is 4.90 Å². The van der Waals surface area contributed by atoms with Crippen LogP contribution in [0.5, 0.6) is 0 Å². The summed E-state index contributed by atoms with van der Waals surface area (Å²) in [6, 6.07) is 0. The second-order valence-electron chi connectivity index (χ2n) is 3.63. The van der Waals surface area contributed by atoms with Gasteiger partial charge in [-0.2, -0.15) is 9.38 Å². The van der Waals surface area contributed by atoms with Gasteiger partial charge in [-0.15, -0.1) is 0 Å². The molecule has 0 saturated heterocycles. The molecule has 2 aromatic heterocycles. The van der Waals surface area contributed by atoms with Crippen molar-refractivity contribution in [2.24, 2.45) is 0 Å². The van der Waals surface area contributed by atoms with E-state index in [0.29, 0.717) is 4.96 Å². The monoisotopic (exact) mass is 292 g/mol. The molecule has 2 rings (SSSR count). The topological polar surface area (TPSA) is 83.9 Å². The number of imidazole rings is 1. The van der Waals surface area contributed by atoms with Gasteiger partial charge in [-0.25, -0.2) is 8.78 Å². The van der Waals surface area contributed by atoms with Crippen molar-refractivity contribution in [1.82, 2.24) is 9.38 Å². The molecule has 0 radical (unpaired) electrons. The van der Waals surface area contributed by atoms with Crippen molar-refractivity contribution in [3.05, 3.63) is 21.7 Å². The van der Waals surface area contributed by atoms with E-state index in [9.17, 15) is 18.9 Å². The zero-order valence-electron chi connectivity index (χ0n) is 9.57. The van der Waals surface area contributed by atoms with Crippen LogP contribution >= 0.6 is 11.3 Å². The quantitative estimate of drug-likeness (QED) is 0.642. The highest BCUT2D eigenvalue weighted by Crippen LogP contribution is 2.31. The number of alkyl halides is 2. The van der Waals surface area contributed by atoms with Crippen molar-refractivity contribution in [3.63, 3.8) is 0 Å². The molecular weight excluding hydrogens is 282 g/mol. The Bertz CT molecular complexity index is 585. The van der Waals surface area contributed by atoms with Gasteiger partial charge in [0.05, 0.1) is 13.2 Å². The van der Waals surface area contributed by atoms with Crippen LogP contribution in [0.15, 0.2) is 11.6 Å². The Hall–Kier alpha value is -1.81. The average Bonchev–Trinajstić information content (AvgIpc) is 2.85. The van der Waals surface area contributed by atoms with Gasteiger partial charge >= 0.3 is 5.82 Å². The summed E-state index contributed by atoms with van der Waals surface area (Å²) in [5, 5.41) is 21.6. The van der Waals surface area contributed by atoms with Crippen molar-refractivity contribution in [2.45, 2.75) is 6.43 Å². The van der Waals surface area contributed by atoms with Gasteiger partial charge in [0.15, 0.2) is 0 Å². The van der Waals surface area contributed by atoms with E-state index in [1.165, 1.54) is 10.6 Å². The smallest absolute Gasteiger partial charge is 0.373 e. The maximum atomic E-state index is 12.5. The maximum Gasteiger partial charge on any atom is 0.373 e. The highest BCUT2D eigenvalue weighted by molar-refractivity contribution is 7.15. The van der Waals surface area contributed by atoms with Crippen molar-refractivity contribution in [3.8, 4) is 0 Å². The summed E-state index contributed by atoms with van der Waals surface area (Å²) < 4.78 is 26.2. The van der Waals surface area contributed by atoms with Crippen molar-refractivity contribution >= 4 is 27.9 Å². The molecule has 0 spiro atoms. The molecule has 0 amide bonds. The Morgan fingerprint density at radius 3 is 2.95 bits per heavy atom. The number of thiazole rings is 1. The molecule has 1 N–H and O–H groups in total. The number of nitro groups is 1. The molecule has 0 unspecified atom stereocenters. The van der Waals surface area contributed by atoms with Crippen LogP contribution in [0.2, 0.25) is 0 Å². The summed E-state index contributed by atoms with van der Waals surface area (Å²) in [4.78, 5) is 15.7. The third-order valence-corrected chi connectivity index (χ3v) is 3.18. The normalized spacial score (nSPS) is 11.4. The van der Waals surface area contributed by atoms with Crippen LogP contribution in [0.1, 0.15) is 0 Å². The van der Waals surface area contributed by atoms with Crippen LogP contribution in [-0.2, 0) is 0 Å². The molecule has 0 aliphatic carbocycles. The molecular formula is C9H10F2N4O3S. The van der Waals surface area contributed by atoms with E-state index in [2.05, 4.69) is 4.98 Å². The van der Waals surface area contributed by atoms with Gasteiger partial charge in [-0.1, -0.05) is 11.3 Å². The number of hydrogen-bond acceptors (Lipinski definition) is 6. The molecule has 10 heteroatoms. The van der Waals surface area contributed by atoms with Crippen molar-refractivity contribution in [1.29, 1.82) is 0 Å². The maximum absolute atomic E-state index is 12.5. The zero-order chi connectivity index (χ0) is 14.0. The molecule has 0 aliphatic heterocycles.